The van der Waals surface area contributed by atoms with Crippen LogP contribution in [0, 0.1) is 18.8 Å². The molecule has 5 nitrogen and oxygen atoms in total. The summed E-state index contributed by atoms with van der Waals surface area (Å²) >= 11 is 12.6. The molecule has 2 bridgehead atoms. The molecule has 25 heavy (non-hydrogen) atoms. The predicted molar refractivity (Wildman–Crippen MR) is 92.9 cm³/mol. The van der Waals surface area contributed by atoms with Gasteiger partial charge in [0.15, 0.2) is 0 Å². The summed E-state index contributed by atoms with van der Waals surface area (Å²) in [6.07, 6.45) is 0.0642. The summed E-state index contributed by atoms with van der Waals surface area (Å²) in [6.45, 7) is 4.21. The first kappa shape index (κ1) is 16.3. The van der Waals surface area contributed by atoms with Gasteiger partial charge in [-0.2, -0.15) is 0 Å². The molecule has 4 fully saturated rings. The van der Waals surface area contributed by atoms with E-state index >= 15 is 0 Å². The smallest absolute Gasteiger partial charge is 0.235 e. The molecule has 1 aromatic rings. The van der Waals surface area contributed by atoms with Gasteiger partial charge in [0.05, 0.1) is 30.1 Å². The molecule has 0 aromatic heterocycles. The molecule has 1 amide bonds. The average Bonchev–Trinajstić information content (AvgIpc) is 3.09. The molecule has 4 saturated heterocycles. The monoisotopic (exact) mass is 383 g/mol. The highest BCUT2D eigenvalue weighted by molar-refractivity contribution is 6.36. The van der Waals surface area contributed by atoms with E-state index in [-0.39, 0.29) is 17.7 Å². The van der Waals surface area contributed by atoms with Crippen molar-refractivity contribution in [1.82, 2.24) is 0 Å². The lowest BCUT2D eigenvalue weighted by Crippen LogP contribution is -2.56. The van der Waals surface area contributed by atoms with Crippen LogP contribution in [0.15, 0.2) is 12.1 Å². The third-order valence-electron chi connectivity index (χ3n) is 6.56. The van der Waals surface area contributed by atoms with Gasteiger partial charge in [-0.05, 0) is 31.5 Å². The Morgan fingerprint density at radius 3 is 2.68 bits per heavy atom. The van der Waals surface area contributed by atoms with Crippen molar-refractivity contribution in [2.45, 2.75) is 50.2 Å². The number of carbonyl (C=O) groups is 1. The fourth-order valence-corrected chi connectivity index (χ4v) is 5.92. The zero-order chi connectivity index (χ0) is 17.7. The topological polar surface area (TPSA) is 59.0 Å². The molecule has 6 atom stereocenters. The molecule has 1 N–H and O–H groups in total. The maximum absolute atomic E-state index is 13.3. The summed E-state index contributed by atoms with van der Waals surface area (Å²) in [5.74, 6) is -0.537. The molecular formula is C18H19Cl2NO4. The number of hydrogen-bond donors (Lipinski definition) is 1. The molecule has 1 spiro atoms. The van der Waals surface area contributed by atoms with Crippen molar-refractivity contribution in [3.05, 3.63) is 27.7 Å². The largest absolute Gasteiger partial charge is 0.390 e. The molecule has 4 heterocycles. The Kier molecular flexibility index (Phi) is 3.20. The summed E-state index contributed by atoms with van der Waals surface area (Å²) < 4.78 is 12.3. The number of amides is 1. The van der Waals surface area contributed by atoms with Crippen LogP contribution in [-0.4, -0.2) is 41.2 Å². The number of aliphatic hydroxyl groups is 1. The number of ether oxygens (including phenoxy) is 2. The number of rotatable bonds is 1. The van der Waals surface area contributed by atoms with E-state index in [2.05, 4.69) is 0 Å². The Balaban J connectivity index is 1.65. The van der Waals surface area contributed by atoms with Gasteiger partial charge in [-0.15, -0.1) is 0 Å². The lowest BCUT2D eigenvalue weighted by molar-refractivity contribution is -0.163. The first-order chi connectivity index (χ1) is 11.8. The second-order valence-corrected chi connectivity index (χ2v) is 8.66. The summed E-state index contributed by atoms with van der Waals surface area (Å²) in [5.41, 5.74) is 0.0795. The number of hydrogen-bond acceptors (Lipinski definition) is 4. The molecule has 0 radical (unpaired) electrons. The van der Waals surface area contributed by atoms with Gasteiger partial charge in [-0.1, -0.05) is 23.2 Å². The van der Waals surface area contributed by atoms with Crippen molar-refractivity contribution < 1.29 is 19.4 Å². The quantitative estimate of drug-likeness (QED) is 0.809. The van der Waals surface area contributed by atoms with Gasteiger partial charge in [-0.25, -0.2) is 0 Å². The molecule has 4 aliphatic heterocycles. The van der Waals surface area contributed by atoms with Crippen LogP contribution in [0.2, 0.25) is 10.0 Å². The van der Waals surface area contributed by atoms with Crippen LogP contribution in [0.4, 0.5) is 5.69 Å². The van der Waals surface area contributed by atoms with Gasteiger partial charge in [0.2, 0.25) is 5.91 Å². The minimum atomic E-state index is -0.689. The number of fused-ring (bicyclic) bond motifs is 2. The van der Waals surface area contributed by atoms with Crippen molar-refractivity contribution in [2.24, 2.45) is 11.8 Å². The highest BCUT2D eigenvalue weighted by Crippen LogP contribution is 2.65. The number of aliphatic hydroxyl groups excluding tert-OH is 1. The van der Waals surface area contributed by atoms with Gasteiger partial charge < -0.3 is 14.6 Å². The summed E-state index contributed by atoms with van der Waals surface area (Å²) in [5, 5.41) is 11.7. The molecule has 0 aliphatic carbocycles. The first-order valence-electron chi connectivity index (χ1n) is 8.57. The number of anilines is 1. The van der Waals surface area contributed by atoms with E-state index < -0.39 is 23.5 Å². The van der Waals surface area contributed by atoms with Crippen LogP contribution in [0.25, 0.3) is 0 Å². The second-order valence-electron chi connectivity index (χ2n) is 7.85. The first-order valence-corrected chi connectivity index (χ1v) is 9.33. The third-order valence-corrected chi connectivity index (χ3v) is 7.34. The standard InChI is InChI=1S/C18H19Cl2NO4/c1-8-10(19)5-9(6-11(8)20)21-15(23)13-14-16(21)24-4-3-18(14)12(22)7-17(13,2)25-18/h5-6,12-14,16,22H,3-4,7H2,1-2H3/t12-,13-,14+,16+,17-,18+/m1/s1. The third kappa shape index (κ3) is 1.83. The van der Waals surface area contributed by atoms with E-state index in [0.29, 0.717) is 35.2 Å². The van der Waals surface area contributed by atoms with E-state index in [1.807, 2.05) is 13.8 Å². The summed E-state index contributed by atoms with van der Waals surface area (Å²) in [7, 11) is 0. The van der Waals surface area contributed by atoms with Crippen LogP contribution in [0.1, 0.15) is 25.3 Å². The van der Waals surface area contributed by atoms with Gasteiger partial charge >= 0.3 is 0 Å². The molecule has 0 unspecified atom stereocenters. The SMILES string of the molecule is Cc1c(Cl)cc(N2C(=O)[C@H]3[C@H]4[C@@H]2OCC[C@@]42O[C@]3(C)C[C@H]2O)cc1Cl. The van der Waals surface area contributed by atoms with Crippen LogP contribution < -0.4 is 4.90 Å². The van der Waals surface area contributed by atoms with Gasteiger partial charge in [0, 0.05) is 28.6 Å². The van der Waals surface area contributed by atoms with Crippen LogP contribution in [0.5, 0.6) is 0 Å². The molecule has 1 aromatic carbocycles. The van der Waals surface area contributed by atoms with Crippen molar-refractivity contribution in [3.63, 3.8) is 0 Å². The van der Waals surface area contributed by atoms with Crippen molar-refractivity contribution >= 4 is 34.8 Å². The molecule has 134 valence electrons. The predicted octanol–water partition coefficient (Wildman–Crippen LogP) is 2.92. The van der Waals surface area contributed by atoms with E-state index in [0.717, 1.165) is 5.56 Å². The van der Waals surface area contributed by atoms with E-state index in [9.17, 15) is 9.90 Å². The normalized spacial score (nSPS) is 44.5. The molecule has 7 heteroatoms. The Labute approximate surface area is 155 Å². The second kappa shape index (κ2) is 4.90. The maximum Gasteiger partial charge on any atom is 0.235 e. The number of halogens is 2. The fraction of sp³-hybridized carbons (Fsp3) is 0.611. The van der Waals surface area contributed by atoms with Crippen molar-refractivity contribution in [3.8, 4) is 0 Å². The Bertz CT molecular complexity index is 778. The molecule has 0 saturated carbocycles. The van der Waals surface area contributed by atoms with E-state index in [1.165, 1.54) is 0 Å². The number of carbonyl (C=O) groups excluding carboxylic acids is 1. The van der Waals surface area contributed by atoms with Crippen LogP contribution in [0.3, 0.4) is 0 Å². The van der Waals surface area contributed by atoms with Crippen molar-refractivity contribution in [2.75, 3.05) is 11.5 Å². The lowest BCUT2D eigenvalue weighted by atomic mass is 9.65. The Hall–Kier alpha value is -0.850. The maximum atomic E-state index is 13.3. The minimum absolute atomic E-state index is 0.0378. The zero-order valence-corrected chi connectivity index (χ0v) is 15.5. The summed E-state index contributed by atoms with van der Waals surface area (Å²) in [4.78, 5) is 15.0. The van der Waals surface area contributed by atoms with Gasteiger partial charge in [0.1, 0.15) is 11.8 Å². The summed E-state index contributed by atoms with van der Waals surface area (Å²) in [6, 6.07) is 3.52. The Morgan fingerprint density at radius 1 is 1.32 bits per heavy atom. The van der Waals surface area contributed by atoms with Gasteiger partial charge in [-0.3, -0.25) is 9.69 Å². The lowest BCUT2D eigenvalue weighted by Gasteiger charge is -2.43. The highest BCUT2D eigenvalue weighted by atomic mass is 35.5. The minimum Gasteiger partial charge on any atom is -0.390 e. The van der Waals surface area contributed by atoms with E-state index in [1.54, 1.807) is 17.0 Å². The number of nitrogens with zero attached hydrogens (tertiary/aromatic N) is 1. The zero-order valence-electron chi connectivity index (χ0n) is 14.0. The van der Waals surface area contributed by atoms with Crippen molar-refractivity contribution in [1.29, 1.82) is 0 Å². The van der Waals surface area contributed by atoms with Crippen LogP contribution in [-0.2, 0) is 14.3 Å². The van der Waals surface area contributed by atoms with Crippen LogP contribution >= 0.6 is 23.2 Å². The molecule has 4 aliphatic rings. The number of benzene rings is 1. The van der Waals surface area contributed by atoms with Gasteiger partial charge in [0.25, 0.3) is 0 Å². The molecular weight excluding hydrogens is 365 g/mol. The average molecular weight is 384 g/mol. The fourth-order valence-electron chi connectivity index (χ4n) is 5.45. The molecule has 5 rings (SSSR count). The Morgan fingerprint density at radius 2 is 2.00 bits per heavy atom. The van der Waals surface area contributed by atoms with E-state index in [4.69, 9.17) is 32.7 Å². The highest BCUT2D eigenvalue weighted by Gasteiger charge is 2.78.